The van der Waals surface area contributed by atoms with E-state index in [2.05, 4.69) is 0 Å². The lowest BCUT2D eigenvalue weighted by Crippen LogP contribution is -2.51. The van der Waals surface area contributed by atoms with E-state index in [9.17, 15) is 18.0 Å². The van der Waals surface area contributed by atoms with E-state index >= 15 is 0 Å². The second kappa shape index (κ2) is 10.4. The molecule has 0 bridgehead atoms. The number of amides is 1. The Bertz CT molecular complexity index is 1260. The topological polar surface area (TPSA) is 93.2 Å². The highest BCUT2D eigenvalue weighted by atomic mass is 32.2. The molecule has 8 nitrogen and oxygen atoms in total. The smallest absolute Gasteiger partial charge is 0.329 e. The van der Waals surface area contributed by atoms with Crippen LogP contribution in [0.2, 0.25) is 0 Å². The number of hydrogen-bond acceptors (Lipinski definition) is 7. The van der Waals surface area contributed by atoms with Gasteiger partial charge in [0.25, 0.3) is 5.91 Å². The van der Waals surface area contributed by atoms with Crippen molar-refractivity contribution in [1.29, 1.82) is 0 Å². The molecule has 1 amide bonds. The van der Waals surface area contributed by atoms with Gasteiger partial charge in [-0.1, -0.05) is 60.7 Å². The van der Waals surface area contributed by atoms with E-state index in [1.165, 1.54) is 22.6 Å². The number of thiophene rings is 1. The second-order valence-electron chi connectivity index (χ2n) is 7.53. The van der Waals surface area contributed by atoms with Crippen molar-refractivity contribution in [2.75, 3.05) is 30.7 Å². The number of benzene rings is 2. The zero-order valence-electron chi connectivity index (χ0n) is 18.5. The summed E-state index contributed by atoms with van der Waals surface area (Å²) in [7, 11) is -4.14. The minimum absolute atomic E-state index is 0.0174. The predicted octanol–water partition coefficient (Wildman–Crippen LogP) is 3.70. The number of fused-ring (bicyclic) bond motifs is 1. The van der Waals surface area contributed by atoms with Crippen molar-refractivity contribution in [3.8, 4) is 10.4 Å². The summed E-state index contributed by atoms with van der Waals surface area (Å²) in [5, 5.41) is 0.403. The van der Waals surface area contributed by atoms with Gasteiger partial charge in [0, 0.05) is 11.8 Å². The van der Waals surface area contributed by atoms with Gasteiger partial charge in [-0.25, -0.2) is 8.61 Å². The molecule has 2 aromatic carbocycles. The standard InChI is InChI=1S/C24H24N2O6S2/c1-18(27)32-15-14-31-13-12-25-23(28)21-16-22(20-10-6-3-7-11-20)33-24(21)26(34(25,29)30)17-19-8-4-2-5-9-19/h2-11,16H,12-15,17H2,1H3. The van der Waals surface area contributed by atoms with Crippen LogP contribution in [-0.2, 0) is 31.0 Å². The van der Waals surface area contributed by atoms with Gasteiger partial charge in [-0.05, 0) is 17.2 Å². The van der Waals surface area contributed by atoms with Gasteiger partial charge in [0.05, 0.1) is 31.9 Å². The number of ether oxygens (including phenoxy) is 2. The maximum absolute atomic E-state index is 13.6. The van der Waals surface area contributed by atoms with Gasteiger partial charge < -0.3 is 9.47 Å². The van der Waals surface area contributed by atoms with Gasteiger partial charge in [-0.2, -0.15) is 8.42 Å². The third kappa shape index (κ3) is 5.14. The van der Waals surface area contributed by atoms with Gasteiger partial charge in [0.1, 0.15) is 11.6 Å². The van der Waals surface area contributed by atoms with Crippen LogP contribution in [-0.4, -0.2) is 51.0 Å². The molecule has 0 fully saturated rings. The number of carbonyl (C=O) groups is 2. The zero-order valence-corrected chi connectivity index (χ0v) is 20.2. The summed E-state index contributed by atoms with van der Waals surface area (Å²) in [6, 6.07) is 20.5. The van der Waals surface area contributed by atoms with Gasteiger partial charge in [0.2, 0.25) is 0 Å². The van der Waals surface area contributed by atoms with Crippen LogP contribution < -0.4 is 4.31 Å². The number of anilines is 1. The van der Waals surface area contributed by atoms with Crippen LogP contribution >= 0.6 is 11.3 Å². The molecule has 1 aliphatic rings. The molecule has 178 valence electrons. The summed E-state index contributed by atoms with van der Waals surface area (Å²) < 4.78 is 39.5. The summed E-state index contributed by atoms with van der Waals surface area (Å²) in [5.74, 6) is -1.01. The van der Waals surface area contributed by atoms with Gasteiger partial charge in [-0.15, -0.1) is 11.3 Å². The molecule has 0 unspecified atom stereocenters. The Balaban J connectivity index is 1.63. The zero-order chi connectivity index (χ0) is 24.1. The first kappa shape index (κ1) is 23.9. The maximum atomic E-state index is 13.6. The molecule has 4 rings (SSSR count). The SMILES string of the molecule is CC(=O)OCCOCCN1C(=O)c2cc(-c3ccccc3)sc2N(Cc2ccccc2)S1(=O)=O. The summed E-state index contributed by atoms with van der Waals surface area (Å²) in [5.41, 5.74) is 2.06. The van der Waals surface area contributed by atoms with Crippen LogP contribution in [0, 0.1) is 0 Å². The third-order valence-corrected chi connectivity index (χ3v) is 8.25. The van der Waals surface area contributed by atoms with Crippen molar-refractivity contribution >= 4 is 38.4 Å². The number of rotatable bonds is 9. The summed E-state index contributed by atoms with van der Waals surface area (Å²) in [6.07, 6.45) is 0. The third-order valence-electron chi connectivity index (χ3n) is 5.15. The van der Waals surface area contributed by atoms with Gasteiger partial charge in [0.15, 0.2) is 0 Å². The Morgan fingerprint density at radius 3 is 2.29 bits per heavy atom. The van der Waals surface area contributed by atoms with E-state index in [0.717, 1.165) is 20.3 Å². The summed E-state index contributed by atoms with van der Waals surface area (Å²) in [6.45, 7) is 1.39. The van der Waals surface area contributed by atoms with Crippen LogP contribution in [0.25, 0.3) is 10.4 Å². The Morgan fingerprint density at radius 2 is 1.62 bits per heavy atom. The highest BCUT2D eigenvalue weighted by molar-refractivity contribution is 7.91. The first-order valence-corrected chi connectivity index (χ1v) is 12.9. The lowest BCUT2D eigenvalue weighted by Gasteiger charge is -2.35. The fourth-order valence-electron chi connectivity index (χ4n) is 3.54. The first-order valence-electron chi connectivity index (χ1n) is 10.7. The van der Waals surface area contributed by atoms with E-state index < -0.39 is 22.1 Å². The van der Waals surface area contributed by atoms with Crippen molar-refractivity contribution in [1.82, 2.24) is 4.31 Å². The molecule has 10 heteroatoms. The molecule has 1 aliphatic heterocycles. The fraction of sp³-hybridized carbons (Fsp3) is 0.250. The monoisotopic (exact) mass is 500 g/mol. The molecular formula is C24H24N2O6S2. The fourth-order valence-corrected chi connectivity index (χ4v) is 6.47. The Morgan fingerprint density at radius 1 is 0.941 bits per heavy atom. The normalized spacial score (nSPS) is 14.7. The van der Waals surface area contributed by atoms with Crippen LogP contribution in [0.4, 0.5) is 5.00 Å². The second-order valence-corrected chi connectivity index (χ2v) is 10.3. The molecule has 0 spiro atoms. The van der Waals surface area contributed by atoms with Gasteiger partial charge in [-0.3, -0.25) is 9.59 Å². The largest absolute Gasteiger partial charge is 0.463 e. The van der Waals surface area contributed by atoms with Crippen LogP contribution in [0.15, 0.2) is 66.7 Å². The summed E-state index contributed by atoms with van der Waals surface area (Å²) in [4.78, 5) is 24.9. The van der Waals surface area contributed by atoms with Crippen LogP contribution in [0.1, 0.15) is 22.8 Å². The Labute approximate surface area is 202 Å². The molecule has 1 aromatic heterocycles. The van der Waals surface area contributed by atoms with Crippen LogP contribution in [0.5, 0.6) is 0 Å². The van der Waals surface area contributed by atoms with Crippen LogP contribution in [0.3, 0.4) is 0 Å². The molecule has 0 atom stereocenters. The maximum Gasteiger partial charge on any atom is 0.329 e. The average Bonchev–Trinajstić information content (AvgIpc) is 3.27. The number of hydrogen-bond donors (Lipinski definition) is 0. The number of nitrogens with zero attached hydrogens (tertiary/aromatic N) is 2. The minimum Gasteiger partial charge on any atom is -0.463 e. The molecule has 2 heterocycles. The van der Waals surface area contributed by atoms with Crippen molar-refractivity contribution in [2.45, 2.75) is 13.5 Å². The van der Waals surface area contributed by atoms with Crippen molar-refractivity contribution in [3.63, 3.8) is 0 Å². The first-order chi connectivity index (χ1) is 16.4. The van der Waals surface area contributed by atoms with E-state index in [1.54, 1.807) is 6.07 Å². The Kier molecular flexibility index (Phi) is 7.30. The molecule has 0 aliphatic carbocycles. The minimum atomic E-state index is -4.14. The molecule has 34 heavy (non-hydrogen) atoms. The molecule has 0 saturated carbocycles. The molecule has 3 aromatic rings. The van der Waals surface area contributed by atoms with E-state index in [0.29, 0.717) is 10.6 Å². The highest BCUT2D eigenvalue weighted by Crippen LogP contribution is 2.43. The van der Waals surface area contributed by atoms with Gasteiger partial charge >= 0.3 is 16.2 Å². The molecule has 0 N–H and O–H groups in total. The molecule has 0 radical (unpaired) electrons. The highest BCUT2D eigenvalue weighted by Gasteiger charge is 2.43. The lowest BCUT2D eigenvalue weighted by atomic mass is 10.1. The van der Waals surface area contributed by atoms with E-state index in [1.807, 2.05) is 60.7 Å². The summed E-state index contributed by atoms with van der Waals surface area (Å²) >= 11 is 1.28. The van der Waals surface area contributed by atoms with E-state index in [-0.39, 0.29) is 32.9 Å². The average molecular weight is 501 g/mol. The van der Waals surface area contributed by atoms with E-state index in [4.69, 9.17) is 9.47 Å². The predicted molar refractivity (Wildman–Crippen MR) is 130 cm³/mol. The quantitative estimate of drug-likeness (QED) is 0.329. The number of esters is 1. The van der Waals surface area contributed by atoms with Crippen molar-refractivity contribution in [2.24, 2.45) is 0 Å². The van der Waals surface area contributed by atoms with Crippen molar-refractivity contribution in [3.05, 3.63) is 77.9 Å². The van der Waals surface area contributed by atoms with Crippen molar-refractivity contribution < 1.29 is 27.5 Å². The number of carbonyl (C=O) groups excluding carboxylic acids is 2. The molecular weight excluding hydrogens is 476 g/mol. The Hall–Kier alpha value is -3.21. The molecule has 0 saturated heterocycles. The lowest BCUT2D eigenvalue weighted by molar-refractivity contribution is -0.142.